The summed E-state index contributed by atoms with van der Waals surface area (Å²) in [5, 5.41) is 26.9. The smallest absolute Gasteiger partial charge is 0.282 e. The number of halogens is 3. The van der Waals surface area contributed by atoms with Crippen LogP contribution in [0.15, 0.2) is 82.0 Å². The fourth-order valence-corrected chi connectivity index (χ4v) is 2.94. The minimum absolute atomic E-state index is 0.156. The van der Waals surface area contributed by atoms with E-state index in [2.05, 4.69) is 26.0 Å². The molecule has 0 saturated carbocycles. The molecular weight excluding hydrogens is 503 g/mol. The summed E-state index contributed by atoms with van der Waals surface area (Å²) in [6.45, 7) is 0. The molecule has 1 amide bonds. The van der Waals surface area contributed by atoms with Crippen molar-refractivity contribution in [2.24, 2.45) is 15.3 Å². The largest absolute Gasteiger partial charge is 0.289 e. The minimum Gasteiger partial charge on any atom is -0.289 e. The molecule has 0 bridgehead atoms. The Kier molecular flexibility index (Phi) is 8.69. The lowest BCUT2D eigenvalue weighted by Crippen LogP contribution is -2.38. The first kappa shape index (κ1) is 24.8. The third kappa shape index (κ3) is 7.38. The quantitative estimate of drug-likeness (QED) is 0.199. The van der Waals surface area contributed by atoms with Crippen LogP contribution in [0.3, 0.4) is 0 Å². The lowest BCUT2D eigenvalue weighted by molar-refractivity contribution is -0.385. The monoisotopic (exact) mass is 516 g/mol. The number of hydrogen-bond donors (Lipinski definition) is 2. The van der Waals surface area contributed by atoms with Gasteiger partial charge < -0.3 is 0 Å². The Hall–Kier alpha value is -3.79. The second-order valence-electron chi connectivity index (χ2n) is 6.54. The van der Waals surface area contributed by atoms with Gasteiger partial charge in [-0.1, -0.05) is 59.1 Å². The lowest BCUT2D eigenvalue weighted by Gasteiger charge is -2.07. The molecule has 3 aromatic rings. The highest BCUT2D eigenvalue weighted by molar-refractivity contribution is 6.31. The van der Waals surface area contributed by atoms with E-state index in [0.29, 0.717) is 15.6 Å². The third-order valence-corrected chi connectivity index (χ3v) is 4.86. The second kappa shape index (κ2) is 11.9. The van der Waals surface area contributed by atoms with Crippen LogP contribution < -0.4 is 10.7 Å². The average molecular weight is 518 g/mol. The number of amides is 1. The van der Waals surface area contributed by atoms with Crippen LogP contribution in [0.5, 0.6) is 0 Å². The van der Waals surface area contributed by atoms with Gasteiger partial charge in [-0.3, -0.25) is 20.2 Å². The fraction of sp³-hybridized carbons (Fsp3) is 0. The van der Waals surface area contributed by atoms with E-state index < -0.39 is 16.5 Å². The van der Waals surface area contributed by atoms with Crippen LogP contribution in [0, 0.1) is 10.1 Å². The van der Waals surface area contributed by atoms with E-state index in [1.54, 1.807) is 48.5 Å². The summed E-state index contributed by atoms with van der Waals surface area (Å²) in [6.07, 6.45) is 2.89. The van der Waals surface area contributed by atoms with E-state index in [1.807, 2.05) is 0 Å². The molecule has 12 heteroatoms. The molecule has 0 fully saturated rings. The molecular formula is C22H15Cl3N6O3. The topological polar surface area (TPSA) is 121 Å². The van der Waals surface area contributed by atoms with Gasteiger partial charge in [0.1, 0.15) is 5.56 Å². The Morgan fingerprint density at radius 3 is 2.00 bits per heavy atom. The van der Waals surface area contributed by atoms with Gasteiger partial charge >= 0.3 is 0 Å². The van der Waals surface area contributed by atoms with Crippen molar-refractivity contribution in [3.05, 3.63) is 109 Å². The van der Waals surface area contributed by atoms with Crippen molar-refractivity contribution < 1.29 is 9.72 Å². The summed E-state index contributed by atoms with van der Waals surface area (Å²) in [4.78, 5) is 23.4. The number of nitro groups is 1. The fourth-order valence-electron chi connectivity index (χ4n) is 2.52. The van der Waals surface area contributed by atoms with Crippen LogP contribution in [0.2, 0.25) is 15.1 Å². The first-order valence-corrected chi connectivity index (χ1v) is 10.6. The van der Waals surface area contributed by atoms with E-state index in [4.69, 9.17) is 34.8 Å². The SMILES string of the molecule is O=C(NC(=NN=Cc1ccc(Cl)cc1)NN=Cc1ccc(Cl)cc1)c1cc(Cl)ccc1[N+](=O)[O-]. The number of hydrazone groups is 1. The zero-order valence-corrected chi connectivity index (χ0v) is 19.4. The predicted octanol–water partition coefficient (Wildman–Crippen LogP) is 5.30. The van der Waals surface area contributed by atoms with Gasteiger partial charge in [0.2, 0.25) is 5.96 Å². The maximum atomic E-state index is 12.7. The van der Waals surface area contributed by atoms with Crippen molar-refractivity contribution in [2.75, 3.05) is 0 Å². The molecule has 0 atom stereocenters. The molecule has 0 unspecified atom stereocenters. The minimum atomic E-state index is -0.830. The average Bonchev–Trinajstić information content (AvgIpc) is 2.81. The number of hydrogen-bond acceptors (Lipinski definition) is 6. The van der Waals surface area contributed by atoms with Crippen LogP contribution in [0.25, 0.3) is 0 Å². The van der Waals surface area contributed by atoms with E-state index in [-0.39, 0.29) is 16.5 Å². The van der Waals surface area contributed by atoms with Gasteiger partial charge in [-0.15, -0.1) is 5.10 Å². The molecule has 0 radical (unpaired) electrons. The van der Waals surface area contributed by atoms with Crippen molar-refractivity contribution >= 4 is 64.8 Å². The molecule has 0 heterocycles. The molecule has 3 rings (SSSR count). The number of nitro benzene ring substituents is 1. The molecule has 0 aliphatic carbocycles. The van der Waals surface area contributed by atoms with Crippen LogP contribution in [-0.4, -0.2) is 29.2 Å². The summed E-state index contributed by atoms with van der Waals surface area (Å²) in [6, 6.07) is 17.3. The zero-order valence-electron chi connectivity index (χ0n) is 17.2. The molecule has 3 aromatic carbocycles. The summed E-state index contributed by atoms with van der Waals surface area (Å²) in [5.74, 6) is -1.02. The molecule has 0 aromatic heterocycles. The summed E-state index contributed by atoms with van der Waals surface area (Å²) in [7, 11) is 0. The molecule has 0 spiro atoms. The molecule has 34 heavy (non-hydrogen) atoms. The normalized spacial score (nSPS) is 11.7. The Morgan fingerprint density at radius 2 is 1.41 bits per heavy atom. The summed E-state index contributed by atoms with van der Waals surface area (Å²) >= 11 is 17.6. The number of nitrogens with zero attached hydrogens (tertiary/aromatic N) is 4. The number of carbonyl (C=O) groups is 1. The Balaban J connectivity index is 1.83. The van der Waals surface area contributed by atoms with Crippen molar-refractivity contribution in [1.29, 1.82) is 0 Å². The number of guanidine groups is 1. The molecule has 2 N–H and O–H groups in total. The van der Waals surface area contributed by atoms with Gasteiger partial charge in [0.15, 0.2) is 0 Å². The van der Waals surface area contributed by atoms with E-state index >= 15 is 0 Å². The maximum absolute atomic E-state index is 12.7. The second-order valence-corrected chi connectivity index (χ2v) is 7.85. The van der Waals surface area contributed by atoms with E-state index in [9.17, 15) is 14.9 Å². The predicted molar refractivity (Wildman–Crippen MR) is 134 cm³/mol. The Bertz CT molecular complexity index is 1280. The van der Waals surface area contributed by atoms with Crippen molar-refractivity contribution in [1.82, 2.24) is 10.7 Å². The number of benzene rings is 3. The van der Waals surface area contributed by atoms with Gasteiger partial charge in [-0.2, -0.15) is 10.2 Å². The van der Waals surface area contributed by atoms with Gasteiger partial charge in [-0.25, -0.2) is 5.43 Å². The van der Waals surface area contributed by atoms with Gasteiger partial charge in [0.05, 0.1) is 17.4 Å². The standard InChI is InChI=1S/C22H15Cl3N6O3/c23-16-5-1-14(2-6-16)12-26-29-22(30-27-13-15-3-7-17(24)8-4-15)28-21(32)19-11-18(25)9-10-20(19)31(33)34/h1-13H,(H2,28,29,30,32). The van der Waals surface area contributed by atoms with Crippen molar-refractivity contribution in [2.45, 2.75) is 0 Å². The first-order valence-electron chi connectivity index (χ1n) is 9.48. The molecule has 172 valence electrons. The van der Waals surface area contributed by atoms with Gasteiger partial charge in [0.25, 0.3) is 11.6 Å². The number of nitrogens with one attached hydrogen (secondary N) is 2. The Labute approximate surface area is 208 Å². The summed E-state index contributed by atoms with van der Waals surface area (Å²) in [5.41, 5.74) is 3.31. The highest BCUT2D eigenvalue weighted by atomic mass is 35.5. The highest BCUT2D eigenvalue weighted by Gasteiger charge is 2.21. The molecule has 0 aliphatic rings. The van der Waals surface area contributed by atoms with Crippen molar-refractivity contribution in [3.8, 4) is 0 Å². The maximum Gasteiger partial charge on any atom is 0.282 e. The third-order valence-electron chi connectivity index (χ3n) is 4.12. The summed E-state index contributed by atoms with van der Waals surface area (Å²) < 4.78 is 0. The van der Waals surface area contributed by atoms with E-state index in [1.165, 1.54) is 24.6 Å². The first-order chi connectivity index (χ1) is 16.3. The molecule has 9 nitrogen and oxygen atoms in total. The van der Waals surface area contributed by atoms with Crippen LogP contribution in [0.1, 0.15) is 21.5 Å². The van der Waals surface area contributed by atoms with Crippen molar-refractivity contribution in [3.63, 3.8) is 0 Å². The van der Waals surface area contributed by atoms with Crippen LogP contribution >= 0.6 is 34.8 Å². The Morgan fingerprint density at radius 1 is 0.853 bits per heavy atom. The van der Waals surface area contributed by atoms with E-state index in [0.717, 1.165) is 11.6 Å². The molecule has 0 saturated heterocycles. The van der Waals surface area contributed by atoms with Crippen LogP contribution in [-0.2, 0) is 0 Å². The van der Waals surface area contributed by atoms with Gasteiger partial charge in [-0.05, 0) is 47.5 Å². The zero-order chi connectivity index (χ0) is 24.5. The van der Waals surface area contributed by atoms with Crippen LogP contribution in [0.4, 0.5) is 5.69 Å². The number of carbonyl (C=O) groups excluding carboxylic acids is 1. The molecule has 0 aliphatic heterocycles. The number of rotatable bonds is 6. The lowest BCUT2D eigenvalue weighted by atomic mass is 10.1. The van der Waals surface area contributed by atoms with Gasteiger partial charge in [0, 0.05) is 21.1 Å². The highest BCUT2D eigenvalue weighted by Crippen LogP contribution is 2.22.